The van der Waals surface area contributed by atoms with Crippen molar-refractivity contribution < 1.29 is 17.6 Å². The molecule has 1 unspecified atom stereocenters. The predicted octanol–water partition coefficient (Wildman–Crippen LogP) is 5.31. The smallest absolute Gasteiger partial charge is 0.320 e. The van der Waals surface area contributed by atoms with Crippen molar-refractivity contribution in [2.24, 2.45) is 5.73 Å². The Morgan fingerprint density at radius 1 is 1.05 bits per heavy atom. The van der Waals surface area contributed by atoms with Gasteiger partial charge in [0, 0.05) is 15.1 Å². The largest absolute Gasteiger partial charge is 0.416 e. The number of alkyl halides is 3. The average Bonchev–Trinajstić information content (AvgIpc) is 2.37. The number of halogens is 6. The van der Waals surface area contributed by atoms with Crippen molar-refractivity contribution in [2.75, 3.05) is 0 Å². The van der Waals surface area contributed by atoms with Crippen LogP contribution in [0.15, 0.2) is 40.9 Å². The lowest BCUT2D eigenvalue weighted by Gasteiger charge is -2.19. The Kier molecular flexibility index (Phi) is 4.60. The summed E-state index contributed by atoms with van der Waals surface area (Å²) in [5.74, 6) is -0.744. The highest BCUT2D eigenvalue weighted by molar-refractivity contribution is 9.10. The maximum absolute atomic E-state index is 13.8. The highest BCUT2D eigenvalue weighted by Gasteiger charge is 2.35. The second kappa shape index (κ2) is 5.94. The molecule has 1 atom stereocenters. The van der Waals surface area contributed by atoms with Crippen LogP contribution >= 0.6 is 27.5 Å². The van der Waals surface area contributed by atoms with E-state index >= 15 is 0 Å². The summed E-state index contributed by atoms with van der Waals surface area (Å²) < 4.78 is 53.3. The highest BCUT2D eigenvalue weighted by Crippen LogP contribution is 2.38. The second-order valence-electron chi connectivity index (χ2n) is 4.37. The zero-order valence-electron chi connectivity index (χ0n) is 10.4. The first-order valence-electron chi connectivity index (χ1n) is 5.77. The summed E-state index contributed by atoms with van der Waals surface area (Å²) in [4.78, 5) is 0. The number of nitrogens with two attached hydrogens (primary N) is 1. The van der Waals surface area contributed by atoms with Crippen LogP contribution in [0.2, 0.25) is 5.02 Å². The summed E-state index contributed by atoms with van der Waals surface area (Å²) >= 11 is 8.61. The first-order chi connectivity index (χ1) is 9.70. The Labute approximate surface area is 131 Å². The van der Waals surface area contributed by atoms with Gasteiger partial charge in [-0.05, 0) is 29.8 Å². The molecule has 21 heavy (non-hydrogen) atoms. The standard InChI is InChI=1S/C14H9BrClF4N/c15-7-1-3-9(11(5-7)14(18,19)20)13(21)10-4-2-8(16)6-12(10)17/h1-6,13H,21H2. The molecule has 0 radical (unpaired) electrons. The fourth-order valence-corrected chi connectivity index (χ4v) is 2.49. The topological polar surface area (TPSA) is 26.0 Å². The van der Waals surface area contributed by atoms with Crippen molar-refractivity contribution in [3.8, 4) is 0 Å². The zero-order chi connectivity index (χ0) is 15.8. The van der Waals surface area contributed by atoms with Gasteiger partial charge in [0.05, 0.1) is 11.6 Å². The van der Waals surface area contributed by atoms with Crippen molar-refractivity contribution in [1.29, 1.82) is 0 Å². The lowest BCUT2D eigenvalue weighted by atomic mass is 9.94. The molecule has 0 amide bonds. The minimum Gasteiger partial charge on any atom is -0.320 e. The van der Waals surface area contributed by atoms with Gasteiger partial charge in [0.2, 0.25) is 0 Å². The van der Waals surface area contributed by atoms with E-state index < -0.39 is 23.6 Å². The number of rotatable bonds is 2. The monoisotopic (exact) mass is 381 g/mol. The lowest BCUT2D eigenvalue weighted by molar-refractivity contribution is -0.138. The van der Waals surface area contributed by atoms with Gasteiger partial charge in [-0.2, -0.15) is 13.2 Å². The maximum atomic E-state index is 13.8. The molecule has 0 saturated heterocycles. The Morgan fingerprint density at radius 2 is 1.67 bits per heavy atom. The second-order valence-corrected chi connectivity index (χ2v) is 5.72. The molecule has 0 bridgehead atoms. The third-order valence-corrected chi connectivity index (χ3v) is 3.68. The highest BCUT2D eigenvalue weighted by atomic mass is 79.9. The number of benzene rings is 2. The van der Waals surface area contributed by atoms with E-state index in [1.807, 2.05) is 0 Å². The minimum atomic E-state index is -4.58. The van der Waals surface area contributed by atoms with E-state index in [1.165, 1.54) is 24.3 Å². The Balaban J connectivity index is 2.55. The van der Waals surface area contributed by atoms with Gasteiger partial charge < -0.3 is 5.73 Å². The van der Waals surface area contributed by atoms with Crippen molar-refractivity contribution in [2.45, 2.75) is 12.2 Å². The van der Waals surface area contributed by atoms with Crippen molar-refractivity contribution in [3.63, 3.8) is 0 Å². The third-order valence-electron chi connectivity index (χ3n) is 2.95. The molecule has 2 aromatic carbocycles. The molecule has 2 N–H and O–H groups in total. The lowest BCUT2D eigenvalue weighted by Crippen LogP contribution is -2.19. The molecule has 0 fully saturated rings. The van der Waals surface area contributed by atoms with Crippen LogP contribution in [0.1, 0.15) is 22.7 Å². The van der Waals surface area contributed by atoms with Crippen molar-refractivity contribution in [3.05, 3.63) is 68.4 Å². The summed E-state index contributed by atoms with van der Waals surface area (Å²) in [7, 11) is 0. The molecule has 0 saturated carbocycles. The first-order valence-corrected chi connectivity index (χ1v) is 6.94. The first kappa shape index (κ1) is 16.3. The third kappa shape index (κ3) is 3.56. The Hall–Kier alpha value is -1.11. The van der Waals surface area contributed by atoms with E-state index in [0.717, 1.165) is 12.1 Å². The van der Waals surface area contributed by atoms with E-state index in [-0.39, 0.29) is 20.6 Å². The molecule has 0 aliphatic carbocycles. The normalized spacial score (nSPS) is 13.3. The van der Waals surface area contributed by atoms with Crippen molar-refractivity contribution >= 4 is 27.5 Å². The molecule has 0 aliphatic rings. The zero-order valence-corrected chi connectivity index (χ0v) is 12.7. The van der Waals surface area contributed by atoms with Crippen LogP contribution < -0.4 is 5.73 Å². The summed E-state index contributed by atoms with van der Waals surface area (Å²) in [6, 6.07) is 6.01. The van der Waals surface area contributed by atoms with E-state index in [0.29, 0.717) is 0 Å². The van der Waals surface area contributed by atoms with E-state index in [9.17, 15) is 17.6 Å². The van der Waals surface area contributed by atoms with Crippen LogP contribution in [-0.2, 0) is 6.18 Å². The molecule has 112 valence electrons. The van der Waals surface area contributed by atoms with Crippen LogP contribution in [0.25, 0.3) is 0 Å². The predicted molar refractivity (Wildman–Crippen MR) is 76.6 cm³/mol. The Bertz CT molecular complexity index is 673. The molecule has 2 aromatic rings. The average molecular weight is 383 g/mol. The molecule has 0 spiro atoms. The molecule has 0 heterocycles. The summed E-state index contributed by atoms with van der Waals surface area (Å²) in [6.07, 6.45) is -4.58. The minimum absolute atomic E-state index is 0.0489. The molecule has 2 rings (SSSR count). The van der Waals surface area contributed by atoms with Gasteiger partial charge in [0.25, 0.3) is 0 Å². The van der Waals surface area contributed by atoms with Gasteiger partial charge in [-0.25, -0.2) is 4.39 Å². The number of hydrogen-bond acceptors (Lipinski definition) is 1. The van der Waals surface area contributed by atoms with E-state index in [1.54, 1.807) is 0 Å². The molecular weight excluding hydrogens is 374 g/mol. The Morgan fingerprint density at radius 3 is 2.24 bits per heavy atom. The van der Waals surface area contributed by atoms with E-state index in [4.69, 9.17) is 17.3 Å². The molecule has 0 aromatic heterocycles. The summed E-state index contributed by atoms with van der Waals surface area (Å²) in [6.45, 7) is 0. The summed E-state index contributed by atoms with van der Waals surface area (Å²) in [5, 5.41) is 0.148. The maximum Gasteiger partial charge on any atom is 0.416 e. The van der Waals surface area contributed by atoms with Gasteiger partial charge in [0.1, 0.15) is 5.82 Å². The van der Waals surface area contributed by atoms with Crippen LogP contribution in [0.4, 0.5) is 17.6 Å². The SMILES string of the molecule is NC(c1ccc(Cl)cc1F)c1ccc(Br)cc1C(F)(F)F. The van der Waals surface area contributed by atoms with Gasteiger partial charge in [-0.3, -0.25) is 0 Å². The van der Waals surface area contributed by atoms with E-state index in [2.05, 4.69) is 15.9 Å². The van der Waals surface area contributed by atoms with Gasteiger partial charge >= 0.3 is 6.18 Å². The fourth-order valence-electron chi connectivity index (χ4n) is 1.97. The van der Waals surface area contributed by atoms with Gasteiger partial charge in [0.15, 0.2) is 0 Å². The van der Waals surface area contributed by atoms with Crippen molar-refractivity contribution in [1.82, 2.24) is 0 Å². The molecule has 0 aliphatic heterocycles. The van der Waals surface area contributed by atoms with Crippen LogP contribution in [0.3, 0.4) is 0 Å². The fraction of sp³-hybridized carbons (Fsp3) is 0.143. The summed E-state index contributed by atoms with van der Waals surface area (Å²) in [5.41, 5.74) is 4.66. The molecule has 7 heteroatoms. The van der Waals surface area contributed by atoms with Crippen LogP contribution in [0, 0.1) is 5.82 Å². The van der Waals surface area contributed by atoms with Gasteiger partial charge in [-0.15, -0.1) is 0 Å². The van der Waals surface area contributed by atoms with Crippen LogP contribution in [0.5, 0.6) is 0 Å². The quantitative estimate of drug-likeness (QED) is 0.700. The molecular formula is C14H9BrClF4N. The molecule has 1 nitrogen and oxygen atoms in total. The van der Waals surface area contributed by atoms with Crippen LogP contribution in [-0.4, -0.2) is 0 Å². The van der Waals surface area contributed by atoms with Gasteiger partial charge in [-0.1, -0.05) is 39.7 Å². The number of hydrogen-bond donors (Lipinski definition) is 1.